The first-order valence-corrected chi connectivity index (χ1v) is 8.38. The van der Waals surface area contributed by atoms with E-state index in [1.807, 2.05) is 12.1 Å². The fourth-order valence-corrected chi connectivity index (χ4v) is 2.45. The molecule has 0 spiro atoms. The molecular weight excluding hydrogens is 342 g/mol. The molecule has 3 N–H and O–H groups in total. The van der Waals surface area contributed by atoms with E-state index in [2.05, 4.69) is 25.9 Å². The van der Waals surface area contributed by atoms with Crippen molar-refractivity contribution in [3.05, 3.63) is 78.2 Å². The molecule has 3 rings (SSSR count). The minimum Gasteiger partial charge on any atom is -0.366 e. The van der Waals surface area contributed by atoms with E-state index in [1.165, 1.54) is 6.92 Å². The van der Waals surface area contributed by atoms with Crippen LogP contribution in [-0.4, -0.2) is 21.8 Å². The van der Waals surface area contributed by atoms with Gasteiger partial charge >= 0.3 is 0 Å². The molecule has 2 heterocycles. The molecule has 0 saturated carbocycles. The molecule has 0 aliphatic rings. The van der Waals surface area contributed by atoms with Gasteiger partial charge in [0.25, 0.3) is 5.91 Å². The number of rotatable bonds is 6. The Hall–Kier alpha value is -3.74. The van der Waals surface area contributed by atoms with Gasteiger partial charge in [0.05, 0.1) is 0 Å². The van der Waals surface area contributed by atoms with Gasteiger partial charge in [-0.2, -0.15) is 0 Å². The summed E-state index contributed by atoms with van der Waals surface area (Å²) < 4.78 is 0. The second-order valence-corrected chi connectivity index (χ2v) is 5.86. The number of nitrogens with one attached hydrogen (secondary N) is 3. The SMILES string of the molecule is CC(=O)Nc1cccc(NC(=O)c2ccnc(NCc3cccnc3)c2)c1. The van der Waals surface area contributed by atoms with Crippen LogP contribution in [-0.2, 0) is 11.3 Å². The Labute approximate surface area is 156 Å². The number of hydrogen-bond donors (Lipinski definition) is 3. The summed E-state index contributed by atoms with van der Waals surface area (Å²) in [6.45, 7) is 1.99. The summed E-state index contributed by atoms with van der Waals surface area (Å²) in [4.78, 5) is 32.0. The quantitative estimate of drug-likeness (QED) is 0.626. The standard InChI is InChI=1S/C20H19N5O2/c1-14(26)24-17-5-2-6-18(11-17)25-20(27)16-7-9-22-19(10-16)23-13-15-4-3-8-21-12-15/h2-12H,13H2,1H3,(H,22,23)(H,24,26)(H,25,27). The van der Waals surface area contributed by atoms with Crippen LogP contribution in [0, 0.1) is 0 Å². The molecule has 0 aliphatic carbocycles. The maximum absolute atomic E-state index is 12.5. The number of aromatic nitrogens is 2. The first-order chi connectivity index (χ1) is 13.1. The molecule has 3 aromatic rings. The average Bonchev–Trinajstić information content (AvgIpc) is 2.67. The zero-order valence-electron chi connectivity index (χ0n) is 14.8. The fraction of sp³-hybridized carbons (Fsp3) is 0.100. The first kappa shape index (κ1) is 18.1. The number of carbonyl (C=O) groups is 2. The van der Waals surface area contributed by atoms with Crippen LogP contribution in [0.4, 0.5) is 17.2 Å². The summed E-state index contributed by atoms with van der Waals surface area (Å²) >= 11 is 0. The average molecular weight is 361 g/mol. The third-order valence-electron chi connectivity index (χ3n) is 3.66. The molecule has 0 aliphatic heterocycles. The lowest BCUT2D eigenvalue weighted by Gasteiger charge is -2.09. The van der Waals surface area contributed by atoms with Crippen molar-refractivity contribution in [2.24, 2.45) is 0 Å². The molecule has 0 radical (unpaired) electrons. The van der Waals surface area contributed by atoms with Crippen LogP contribution in [0.15, 0.2) is 67.1 Å². The van der Waals surface area contributed by atoms with Gasteiger partial charge in [-0.3, -0.25) is 14.6 Å². The molecule has 0 atom stereocenters. The molecule has 136 valence electrons. The lowest BCUT2D eigenvalue weighted by molar-refractivity contribution is -0.114. The van der Waals surface area contributed by atoms with E-state index in [-0.39, 0.29) is 11.8 Å². The van der Waals surface area contributed by atoms with Crippen LogP contribution in [0.1, 0.15) is 22.8 Å². The van der Waals surface area contributed by atoms with Gasteiger partial charge in [0.1, 0.15) is 5.82 Å². The number of pyridine rings is 2. The maximum Gasteiger partial charge on any atom is 0.255 e. The minimum atomic E-state index is -0.262. The second-order valence-electron chi connectivity index (χ2n) is 5.86. The molecule has 27 heavy (non-hydrogen) atoms. The van der Waals surface area contributed by atoms with Crippen molar-refractivity contribution in [2.75, 3.05) is 16.0 Å². The lowest BCUT2D eigenvalue weighted by Crippen LogP contribution is -2.13. The third-order valence-corrected chi connectivity index (χ3v) is 3.66. The first-order valence-electron chi connectivity index (χ1n) is 8.38. The molecular formula is C20H19N5O2. The molecule has 2 amide bonds. The van der Waals surface area contributed by atoms with Crippen LogP contribution in [0.5, 0.6) is 0 Å². The minimum absolute atomic E-state index is 0.169. The number of carbonyl (C=O) groups excluding carboxylic acids is 2. The summed E-state index contributed by atoms with van der Waals surface area (Å²) in [5, 5.41) is 8.67. The molecule has 2 aromatic heterocycles. The monoisotopic (exact) mass is 361 g/mol. The molecule has 7 nitrogen and oxygen atoms in total. The normalized spacial score (nSPS) is 10.1. The predicted octanol–water partition coefficient (Wildman–Crippen LogP) is 3.30. The van der Waals surface area contributed by atoms with Crippen molar-refractivity contribution in [3.63, 3.8) is 0 Å². The Morgan fingerprint density at radius 1 is 0.963 bits per heavy atom. The van der Waals surface area contributed by atoms with Gasteiger partial charge in [-0.1, -0.05) is 12.1 Å². The van der Waals surface area contributed by atoms with Crippen LogP contribution in [0.3, 0.4) is 0 Å². The van der Waals surface area contributed by atoms with Crippen molar-refractivity contribution in [2.45, 2.75) is 13.5 Å². The summed E-state index contributed by atoms with van der Waals surface area (Å²) in [5.41, 5.74) is 2.70. The van der Waals surface area contributed by atoms with Gasteiger partial charge in [-0.05, 0) is 42.0 Å². The highest BCUT2D eigenvalue weighted by molar-refractivity contribution is 6.05. The Morgan fingerprint density at radius 3 is 2.52 bits per heavy atom. The zero-order valence-corrected chi connectivity index (χ0v) is 14.8. The van der Waals surface area contributed by atoms with E-state index in [0.717, 1.165) is 5.56 Å². The van der Waals surface area contributed by atoms with Crippen LogP contribution < -0.4 is 16.0 Å². The van der Waals surface area contributed by atoms with Crippen molar-refractivity contribution in [1.82, 2.24) is 9.97 Å². The van der Waals surface area contributed by atoms with Crippen LogP contribution in [0.25, 0.3) is 0 Å². The van der Waals surface area contributed by atoms with Gasteiger partial charge in [-0.25, -0.2) is 4.98 Å². The fourth-order valence-electron chi connectivity index (χ4n) is 2.45. The zero-order chi connectivity index (χ0) is 19.1. The van der Waals surface area contributed by atoms with Crippen LogP contribution in [0.2, 0.25) is 0 Å². The summed E-state index contributed by atoms with van der Waals surface area (Å²) in [6, 6.07) is 14.1. The molecule has 7 heteroatoms. The molecule has 0 saturated heterocycles. The molecule has 0 bridgehead atoms. The van der Waals surface area contributed by atoms with Crippen molar-refractivity contribution in [3.8, 4) is 0 Å². The highest BCUT2D eigenvalue weighted by Crippen LogP contribution is 2.17. The van der Waals surface area contributed by atoms with Crippen molar-refractivity contribution < 1.29 is 9.59 Å². The Morgan fingerprint density at radius 2 is 1.78 bits per heavy atom. The van der Waals surface area contributed by atoms with E-state index in [1.54, 1.807) is 55.0 Å². The largest absolute Gasteiger partial charge is 0.366 e. The van der Waals surface area contributed by atoms with E-state index in [9.17, 15) is 9.59 Å². The topological polar surface area (TPSA) is 96.0 Å². The van der Waals surface area contributed by atoms with E-state index in [4.69, 9.17) is 0 Å². The van der Waals surface area contributed by atoms with Gasteiger partial charge in [0, 0.05) is 49.0 Å². The Kier molecular flexibility index (Phi) is 5.73. The summed E-state index contributed by atoms with van der Waals surface area (Å²) in [5.74, 6) is 0.164. The van der Waals surface area contributed by atoms with Gasteiger partial charge < -0.3 is 16.0 Å². The number of amides is 2. The van der Waals surface area contributed by atoms with Crippen molar-refractivity contribution >= 4 is 29.0 Å². The lowest BCUT2D eigenvalue weighted by atomic mass is 10.2. The molecule has 0 unspecified atom stereocenters. The maximum atomic E-state index is 12.5. The number of hydrogen-bond acceptors (Lipinski definition) is 5. The summed E-state index contributed by atoms with van der Waals surface area (Å²) in [6.07, 6.45) is 5.06. The van der Waals surface area contributed by atoms with Gasteiger partial charge in [0.2, 0.25) is 5.91 Å². The highest BCUT2D eigenvalue weighted by atomic mass is 16.2. The molecule has 1 aromatic carbocycles. The smallest absolute Gasteiger partial charge is 0.255 e. The molecule has 0 fully saturated rings. The van der Waals surface area contributed by atoms with E-state index in [0.29, 0.717) is 29.3 Å². The highest BCUT2D eigenvalue weighted by Gasteiger charge is 2.08. The Balaban J connectivity index is 1.65. The summed E-state index contributed by atoms with van der Waals surface area (Å²) in [7, 11) is 0. The Bertz CT molecular complexity index is 944. The number of anilines is 3. The van der Waals surface area contributed by atoms with Gasteiger partial charge in [-0.15, -0.1) is 0 Å². The van der Waals surface area contributed by atoms with E-state index < -0.39 is 0 Å². The van der Waals surface area contributed by atoms with Gasteiger partial charge in [0.15, 0.2) is 0 Å². The van der Waals surface area contributed by atoms with Crippen LogP contribution >= 0.6 is 0 Å². The number of nitrogens with zero attached hydrogens (tertiary/aromatic N) is 2. The predicted molar refractivity (Wildman–Crippen MR) is 104 cm³/mol. The van der Waals surface area contributed by atoms with E-state index >= 15 is 0 Å². The number of benzene rings is 1. The third kappa shape index (κ3) is 5.37. The van der Waals surface area contributed by atoms with Crippen molar-refractivity contribution in [1.29, 1.82) is 0 Å². The second kappa shape index (κ2) is 8.57.